The Morgan fingerprint density at radius 1 is 1.71 bits per heavy atom. The first-order valence-electron chi connectivity index (χ1n) is 5.01. The van der Waals surface area contributed by atoms with Gasteiger partial charge in [0.1, 0.15) is 0 Å². The molecule has 1 aliphatic rings. The van der Waals surface area contributed by atoms with Gasteiger partial charge in [-0.2, -0.15) is 4.98 Å². The second-order valence-electron chi connectivity index (χ2n) is 4.09. The fourth-order valence-electron chi connectivity index (χ4n) is 1.57. The van der Waals surface area contributed by atoms with Crippen molar-refractivity contribution in [3.05, 3.63) is 27.9 Å². The molecule has 1 unspecified atom stereocenters. The average molecular weight is 193 g/mol. The van der Waals surface area contributed by atoms with Gasteiger partial charge in [-0.05, 0) is 25.8 Å². The second-order valence-corrected chi connectivity index (χ2v) is 4.09. The smallest absolute Gasteiger partial charge is 0.328 e. The molecule has 14 heavy (non-hydrogen) atoms. The molecule has 0 aliphatic heterocycles. The van der Waals surface area contributed by atoms with Gasteiger partial charge in [-0.15, -0.1) is 0 Å². The fourth-order valence-corrected chi connectivity index (χ4v) is 1.57. The highest BCUT2D eigenvalue weighted by atomic mass is 16.1. The Bertz CT molecular complexity index is 379. The number of nitrogens with two attached hydrogens (primary N) is 1. The Hall–Kier alpha value is -1.16. The Balaban J connectivity index is 2.26. The van der Waals surface area contributed by atoms with Crippen molar-refractivity contribution in [2.75, 3.05) is 0 Å². The number of nitrogens with zero attached hydrogens (tertiary/aromatic N) is 1. The van der Waals surface area contributed by atoms with Crippen LogP contribution < -0.4 is 11.4 Å². The third-order valence-electron chi connectivity index (χ3n) is 2.36. The highest BCUT2D eigenvalue weighted by Crippen LogP contribution is 2.38. The van der Waals surface area contributed by atoms with Crippen molar-refractivity contribution < 1.29 is 0 Å². The lowest BCUT2D eigenvalue weighted by Crippen LogP contribution is -2.22. The maximum atomic E-state index is 11.2. The minimum Gasteiger partial charge on any atom is -0.328 e. The van der Waals surface area contributed by atoms with E-state index in [2.05, 4.69) is 9.97 Å². The maximum Gasteiger partial charge on any atom is 0.345 e. The van der Waals surface area contributed by atoms with Crippen LogP contribution in [0, 0.1) is 0 Å². The Kier molecular flexibility index (Phi) is 2.37. The second kappa shape index (κ2) is 3.53. The summed E-state index contributed by atoms with van der Waals surface area (Å²) >= 11 is 0. The summed E-state index contributed by atoms with van der Waals surface area (Å²) in [7, 11) is 0. The molecule has 0 saturated heterocycles. The highest BCUT2D eigenvalue weighted by molar-refractivity contribution is 5.17. The van der Waals surface area contributed by atoms with Gasteiger partial charge in [0.2, 0.25) is 0 Å². The Labute approximate surface area is 82.6 Å². The molecule has 4 heteroatoms. The molecule has 2 rings (SSSR count). The fraction of sp³-hybridized carbons (Fsp3) is 0.600. The first kappa shape index (κ1) is 9.40. The summed E-state index contributed by atoms with van der Waals surface area (Å²) in [6.07, 6.45) is 3.03. The van der Waals surface area contributed by atoms with Gasteiger partial charge in [0.05, 0.1) is 5.69 Å². The number of hydrogen-bond acceptors (Lipinski definition) is 3. The predicted molar refractivity (Wildman–Crippen MR) is 54.2 cm³/mol. The maximum absolute atomic E-state index is 11.2. The standard InChI is InChI=1S/C10H15N3O/c1-6(11)4-8-5-9(7-2-3-7)13-10(14)12-8/h5-7H,2-4,11H2,1H3,(H,12,13,14). The van der Waals surface area contributed by atoms with E-state index in [0.29, 0.717) is 12.3 Å². The molecule has 0 spiro atoms. The largest absolute Gasteiger partial charge is 0.345 e. The van der Waals surface area contributed by atoms with E-state index >= 15 is 0 Å². The molecule has 1 aromatic heterocycles. The van der Waals surface area contributed by atoms with E-state index in [1.54, 1.807) is 0 Å². The van der Waals surface area contributed by atoms with Crippen molar-refractivity contribution in [3.8, 4) is 0 Å². The lowest BCUT2D eigenvalue weighted by molar-refractivity contribution is 0.712. The van der Waals surface area contributed by atoms with Crippen LogP contribution in [0.15, 0.2) is 10.9 Å². The van der Waals surface area contributed by atoms with Crippen LogP contribution in [-0.2, 0) is 6.42 Å². The first-order valence-corrected chi connectivity index (χ1v) is 5.01. The van der Waals surface area contributed by atoms with Crippen molar-refractivity contribution in [2.24, 2.45) is 5.73 Å². The van der Waals surface area contributed by atoms with E-state index in [4.69, 9.17) is 5.73 Å². The van der Waals surface area contributed by atoms with E-state index in [1.807, 2.05) is 13.0 Å². The molecular weight excluding hydrogens is 178 g/mol. The van der Waals surface area contributed by atoms with Gasteiger partial charge in [-0.3, -0.25) is 0 Å². The minimum absolute atomic E-state index is 0.0695. The van der Waals surface area contributed by atoms with Crippen molar-refractivity contribution >= 4 is 0 Å². The highest BCUT2D eigenvalue weighted by Gasteiger charge is 2.25. The molecule has 1 aliphatic carbocycles. The van der Waals surface area contributed by atoms with Crippen LogP contribution in [0.5, 0.6) is 0 Å². The van der Waals surface area contributed by atoms with Crippen molar-refractivity contribution in [2.45, 2.75) is 38.1 Å². The van der Waals surface area contributed by atoms with Crippen molar-refractivity contribution in [1.82, 2.24) is 9.97 Å². The molecule has 4 nitrogen and oxygen atoms in total. The quantitative estimate of drug-likeness (QED) is 0.735. The summed E-state index contributed by atoms with van der Waals surface area (Å²) in [6.45, 7) is 1.93. The number of H-pyrrole nitrogens is 1. The van der Waals surface area contributed by atoms with E-state index < -0.39 is 0 Å². The van der Waals surface area contributed by atoms with Crippen molar-refractivity contribution in [3.63, 3.8) is 0 Å². The summed E-state index contributed by atoms with van der Waals surface area (Å²) in [6, 6.07) is 2.04. The number of nitrogens with one attached hydrogen (secondary N) is 1. The predicted octanol–water partition coefficient (Wildman–Crippen LogP) is 0.537. The normalized spacial score (nSPS) is 18.1. The summed E-state index contributed by atoms with van der Waals surface area (Å²) in [5.41, 5.74) is 7.27. The monoisotopic (exact) mass is 193 g/mol. The number of aromatic nitrogens is 2. The number of aromatic amines is 1. The van der Waals surface area contributed by atoms with E-state index in [9.17, 15) is 4.79 Å². The summed E-state index contributed by atoms with van der Waals surface area (Å²) in [5.74, 6) is 0.518. The Morgan fingerprint density at radius 2 is 2.43 bits per heavy atom. The van der Waals surface area contributed by atoms with E-state index in [1.165, 1.54) is 0 Å². The number of hydrogen-bond donors (Lipinski definition) is 2. The molecule has 0 amide bonds. The van der Waals surface area contributed by atoms with Crippen LogP contribution in [0.4, 0.5) is 0 Å². The third kappa shape index (κ3) is 2.20. The summed E-state index contributed by atoms with van der Waals surface area (Å²) in [5, 5.41) is 0. The zero-order valence-corrected chi connectivity index (χ0v) is 8.29. The van der Waals surface area contributed by atoms with Crippen LogP contribution in [0.2, 0.25) is 0 Å². The third-order valence-corrected chi connectivity index (χ3v) is 2.36. The van der Waals surface area contributed by atoms with Gasteiger partial charge in [-0.25, -0.2) is 4.79 Å². The molecule has 1 fully saturated rings. The van der Waals surface area contributed by atoms with Crippen LogP contribution in [0.1, 0.15) is 37.1 Å². The lowest BCUT2D eigenvalue weighted by atomic mass is 10.1. The molecule has 1 heterocycles. The van der Waals surface area contributed by atoms with Gasteiger partial charge in [0.15, 0.2) is 0 Å². The first-order chi connectivity index (χ1) is 6.65. The van der Waals surface area contributed by atoms with E-state index in [0.717, 1.165) is 24.2 Å². The van der Waals surface area contributed by atoms with Gasteiger partial charge < -0.3 is 10.7 Å². The minimum atomic E-state index is -0.245. The molecule has 0 bridgehead atoms. The zero-order valence-electron chi connectivity index (χ0n) is 8.29. The molecule has 1 saturated carbocycles. The van der Waals surface area contributed by atoms with E-state index in [-0.39, 0.29) is 11.7 Å². The van der Waals surface area contributed by atoms with Crippen molar-refractivity contribution in [1.29, 1.82) is 0 Å². The molecule has 0 radical (unpaired) electrons. The van der Waals surface area contributed by atoms with Crippen LogP contribution in [-0.4, -0.2) is 16.0 Å². The van der Waals surface area contributed by atoms with Gasteiger partial charge in [-0.1, -0.05) is 0 Å². The van der Waals surface area contributed by atoms with Gasteiger partial charge in [0.25, 0.3) is 0 Å². The average Bonchev–Trinajstić information content (AvgIpc) is 2.82. The zero-order chi connectivity index (χ0) is 10.1. The van der Waals surface area contributed by atoms with Crippen LogP contribution >= 0.6 is 0 Å². The SMILES string of the molecule is CC(N)Cc1cc(C2CC2)nc(=O)[nH]1. The van der Waals surface area contributed by atoms with Gasteiger partial charge >= 0.3 is 5.69 Å². The number of rotatable bonds is 3. The molecule has 1 atom stereocenters. The molecule has 76 valence electrons. The molecular formula is C10H15N3O. The lowest BCUT2D eigenvalue weighted by Gasteiger charge is -2.05. The van der Waals surface area contributed by atoms with Crippen LogP contribution in [0.3, 0.4) is 0 Å². The van der Waals surface area contributed by atoms with Gasteiger partial charge in [0, 0.05) is 24.1 Å². The Morgan fingerprint density at radius 3 is 3.00 bits per heavy atom. The molecule has 1 aromatic rings. The summed E-state index contributed by atoms with van der Waals surface area (Å²) in [4.78, 5) is 17.9. The topological polar surface area (TPSA) is 71.8 Å². The molecule has 0 aromatic carbocycles. The summed E-state index contributed by atoms with van der Waals surface area (Å²) < 4.78 is 0. The van der Waals surface area contributed by atoms with Crippen LogP contribution in [0.25, 0.3) is 0 Å². The molecule has 3 N–H and O–H groups in total.